The quantitative estimate of drug-likeness (QED) is 0.730. The monoisotopic (exact) mass is 193 g/mol. The minimum absolute atomic E-state index is 0.347. The molecule has 2 heterocycles. The van der Waals surface area contributed by atoms with Gasteiger partial charge in [-0.3, -0.25) is 4.68 Å². The highest BCUT2D eigenvalue weighted by Gasteiger charge is 2.11. The van der Waals surface area contributed by atoms with Crippen LogP contribution in [0.15, 0.2) is 23.3 Å². The lowest BCUT2D eigenvalue weighted by Gasteiger charge is -2.03. The third-order valence-corrected chi connectivity index (χ3v) is 2.72. The predicted octanol–water partition coefficient (Wildman–Crippen LogP) is 2.03. The molecule has 1 atom stereocenters. The summed E-state index contributed by atoms with van der Waals surface area (Å²) in [4.78, 5) is 4.28. The van der Waals surface area contributed by atoms with Gasteiger partial charge in [0, 0.05) is 24.5 Å². The molecular formula is C9H11N3S. The van der Waals surface area contributed by atoms with Gasteiger partial charge >= 0.3 is 0 Å². The minimum atomic E-state index is 0.347. The van der Waals surface area contributed by atoms with Gasteiger partial charge in [0.2, 0.25) is 0 Å². The van der Waals surface area contributed by atoms with Crippen molar-refractivity contribution in [2.75, 3.05) is 0 Å². The molecule has 0 bridgehead atoms. The first-order valence-corrected chi connectivity index (χ1v) is 5.08. The van der Waals surface area contributed by atoms with Gasteiger partial charge < -0.3 is 0 Å². The second-order valence-corrected chi connectivity index (χ2v) is 3.80. The Kier molecular flexibility index (Phi) is 2.14. The van der Waals surface area contributed by atoms with Crippen LogP contribution >= 0.6 is 11.3 Å². The van der Waals surface area contributed by atoms with Crippen molar-refractivity contribution in [2.24, 2.45) is 7.05 Å². The molecule has 2 rings (SSSR count). The number of thiazole rings is 1. The van der Waals surface area contributed by atoms with E-state index in [0.29, 0.717) is 5.92 Å². The summed E-state index contributed by atoms with van der Waals surface area (Å²) in [6.45, 7) is 2.14. The Bertz CT molecular complexity index is 377. The number of hydrogen-bond donors (Lipinski definition) is 0. The molecule has 0 N–H and O–H groups in total. The van der Waals surface area contributed by atoms with E-state index in [2.05, 4.69) is 22.4 Å². The Labute approximate surface area is 81.1 Å². The Morgan fingerprint density at radius 1 is 1.54 bits per heavy atom. The third kappa shape index (κ3) is 1.62. The summed E-state index contributed by atoms with van der Waals surface area (Å²) < 4.78 is 1.82. The van der Waals surface area contributed by atoms with Crippen molar-refractivity contribution in [3.63, 3.8) is 0 Å². The lowest BCUT2D eigenvalue weighted by molar-refractivity contribution is 0.765. The molecule has 0 fully saturated rings. The van der Waals surface area contributed by atoms with Gasteiger partial charge in [-0.25, -0.2) is 4.98 Å². The number of nitrogens with zero attached hydrogens (tertiary/aromatic N) is 3. The zero-order valence-corrected chi connectivity index (χ0v) is 8.45. The fraction of sp³-hybridized carbons (Fsp3) is 0.333. The summed E-state index contributed by atoms with van der Waals surface area (Å²) in [6, 6.07) is 0. The van der Waals surface area contributed by atoms with Crippen LogP contribution in [0.3, 0.4) is 0 Å². The highest BCUT2D eigenvalue weighted by Crippen LogP contribution is 2.22. The van der Waals surface area contributed by atoms with Crippen LogP contribution in [0.2, 0.25) is 0 Å². The second kappa shape index (κ2) is 3.30. The van der Waals surface area contributed by atoms with E-state index in [0.717, 1.165) is 5.69 Å². The largest absolute Gasteiger partial charge is 0.276 e. The summed E-state index contributed by atoms with van der Waals surface area (Å²) in [6.07, 6.45) is 3.92. The summed E-state index contributed by atoms with van der Waals surface area (Å²) in [7, 11) is 1.93. The molecule has 0 spiro atoms. The molecule has 68 valence electrons. The van der Waals surface area contributed by atoms with Crippen LogP contribution in [0, 0.1) is 0 Å². The van der Waals surface area contributed by atoms with Crippen LogP contribution in [-0.4, -0.2) is 14.8 Å². The Hall–Kier alpha value is -1.16. The molecule has 3 nitrogen and oxygen atoms in total. The Balaban J connectivity index is 2.28. The first-order chi connectivity index (χ1) is 6.27. The topological polar surface area (TPSA) is 30.7 Å². The minimum Gasteiger partial charge on any atom is -0.276 e. The van der Waals surface area contributed by atoms with Gasteiger partial charge in [-0.1, -0.05) is 6.92 Å². The molecule has 2 aromatic rings. The molecule has 0 amide bonds. The summed E-state index contributed by atoms with van der Waals surface area (Å²) in [5.41, 5.74) is 4.20. The van der Waals surface area contributed by atoms with Gasteiger partial charge in [0.15, 0.2) is 0 Å². The van der Waals surface area contributed by atoms with Crippen molar-refractivity contribution in [1.29, 1.82) is 0 Å². The van der Waals surface area contributed by atoms with Gasteiger partial charge in [-0.2, -0.15) is 5.10 Å². The first kappa shape index (κ1) is 8.44. The van der Waals surface area contributed by atoms with Crippen molar-refractivity contribution in [3.05, 3.63) is 34.5 Å². The van der Waals surface area contributed by atoms with Crippen LogP contribution in [-0.2, 0) is 7.05 Å². The molecule has 0 aliphatic heterocycles. The predicted molar refractivity (Wildman–Crippen MR) is 52.8 cm³/mol. The number of aromatic nitrogens is 3. The number of aryl methyl sites for hydroxylation is 1. The normalized spacial score (nSPS) is 13.1. The zero-order chi connectivity index (χ0) is 9.26. The van der Waals surface area contributed by atoms with Gasteiger partial charge in [0.05, 0.1) is 17.4 Å². The van der Waals surface area contributed by atoms with Gasteiger partial charge in [0.25, 0.3) is 0 Å². The molecule has 4 heteroatoms. The van der Waals surface area contributed by atoms with Crippen LogP contribution in [0.4, 0.5) is 0 Å². The van der Waals surface area contributed by atoms with Crippen LogP contribution in [0.1, 0.15) is 24.1 Å². The van der Waals surface area contributed by atoms with E-state index in [1.54, 1.807) is 11.3 Å². The Morgan fingerprint density at radius 3 is 2.92 bits per heavy atom. The van der Waals surface area contributed by atoms with E-state index in [-0.39, 0.29) is 0 Å². The number of rotatable bonds is 2. The maximum absolute atomic E-state index is 4.28. The molecule has 0 saturated heterocycles. The molecule has 0 aliphatic carbocycles. The maximum Gasteiger partial charge on any atom is 0.0794 e. The van der Waals surface area contributed by atoms with Crippen molar-refractivity contribution >= 4 is 11.3 Å². The van der Waals surface area contributed by atoms with E-state index in [9.17, 15) is 0 Å². The summed E-state index contributed by atoms with van der Waals surface area (Å²) >= 11 is 1.63. The lowest BCUT2D eigenvalue weighted by Crippen LogP contribution is -1.94. The smallest absolute Gasteiger partial charge is 0.0794 e. The molecule has 0 radical (unpaired) electrons. The van der Waals surface area contributed by atoms with E-state index in [1.807, 2.05) is 29.6 Å². The highest BCUT2D eigenvalue weighted by molar-refractivity contribution is 7.07. The summed E-state index contributed by atoms with van der Waals surface area (Å²) in [5, 5.41) is 6.22. The van der Waals surface area contributed by atoms with Gasteiger partial charge in [-0.05, 0) is 5.56 Å². The van der Waals surface area contributed by atoms with E-state index in [4.69, 9.17) is 0 Å². The molecule has 0 aliphatic rings. The molecule has 13 heavy (non-hydrogen) atoms. The summed E-state index contributed by atoms with van der Waals surface area (Å²) in [5.74, 6) is 0.347. The van der Waals surface area contributed by atoms with Crippen molar-refractivity contribution in [1.82, 2.24) is 14.8 Å². The molecule has 0 saturated carbocycles. The molecule has 2 aromatic heterocycles. The first-order valence-electron chi connectivity index (χ1n) is 4.14. The third-order valence-electron chi connectivity index (χ3n) is 2.12. The molecule has 1 unspecified atom stereocenters. The van der Waals surface area contributed by atoms with Crippen LogP contribution in [0.5, 0.6) is 0 Å². The van der Waals surface area contributed by atoms with Crippen LogP contribution in [0.25, 0.3) is 0 Å². The van der Waals surface area contributed by atoms with E-state index >= 15 is 0 Å². The average molecular weight is 193 g/mol. The van der Waals surface area contributed by atoms with Crippen LogP contribution < -0.4 is 0 Å². The zero-order valence-electron chi connectivity index (χ0n) is 7.64. The van der Waals surface area contributed by atoms with E-state index in [1.165, 1.54) is 5.56 Å². The van der Waals surface area contributed by atoms with E-state index < -0.39 is 0 Å². The molecular weight excluding hydrogens is 182 g/mol. The fourth-order valence-electron chi connectivity index (χ4n) is 1.27. The molecule has 0 aromatic carbocycles. The lowest BCUT2D eigenvalue weighted by atomic mass is 10.0. The highest BCUT2D eigenvalue weighted by atomic mass is 32.1. The second-order valence-electron chi connectivity index (χ2n) is 3.08. The van der Waals surface area contributed by atoms with Crippen molar-refractivity contribution in [2.45, 2.75) is 12.8 Å². The van der Waals surface area contributed by atoms with Crippen molar-refractivity contribution < 1.29 is 0 Å². The number of hydrogen-bond acceptors (Lipinski definition) is 3. The Morgan fingerprint density at radius 2 is 2.38 bits per heavy atom. The van der Waals surface area contributed by atoms with Crippen molar-refractivity contribution in [3.8, 4) is 0 Å². The standard InChI is InChI=1S/C9H11N3S/c1-7(9-5-13-6-10-9)8-3-11-12(2)4-8/h3-7H,1-2H3. The SMILES string of the molecule is CC(c1cnn(C)c1)c1cscn1. The fourth-order valence-corrected chi connectivity index (χ4v) is 1.92. The maximum atomic E-state index is 4.28. The average Bonchev–Trinajstić information content (AvgIpc) is 2.72. The van der Waals surface area contributed by atoms with Gasteiger partial charge in [-0.15, -0.1) is 11.3 Å². The van der Waals surface area contributed by atoms with Gasteiger partial charge in [0.1, 0.15) is 0 Å².